The molecular weight excluding hydrogens is 331 g/mol. The minimum absolute atomic E-state index is 0.220. The van der Waals surface area contributed by atoms with Gasteiger partial charge in [-0.15, -0.1) is 0 Å². The summed E-state index contributed by atoms with van der Waals surface area (Å²) in [6.45, 7) is 3.73. The van der Waals surface area contributed by atoms with Crippen molar-refractivity contribution in [2.75, 3.05) is 5.32 Å². The summed E-state index contributed by atoms with van der Waals surface area (Å²) in [4.78, 5) is 17.1. The maximum atomic E-state index is 12.6. The zero-order valence-electron chi connectivity index (χ0n) is 12.7. The summed E-state index contributed by atoms with van der Waals surface area (Å²) in [7, 11) is 0. The molecule has 0 fully saturated rings. The molecule has 0 saturated heterocycles. The lowest BCUT2D eigenvalue weighted by atomic mass is 10.1. The molecule has 1 N–H and O–H groups in total. The predicted octanol–water partition coefficient (Wildman–Crippen LogP) is 5.41. The van der Waals surface area contributed by atoms with Crippen LogP contribution in [-0.2, 0) is 0 Å². The van der Waals surface area contributed by atoms with Gasteiger partial charge in [0, 0.05) is 21.1 Å². The first kappa shape index (κ1) is 15.8. The van der Waals surface area contributed by atoms with Crippen molar-refractivity contribution in [2.45, 2.75) is 13.8 Å². The number of carbonyl (C=O) groups is 1. The fourth-order valence-electron chi connectivity index (χ4n) is 2.39. The van der Waals surface area contributed by atoms with E-state index in [0.717, 1.165) is 16.5 Å². The number of hydrogen-bond donors (Lipinski definition) is 1. The fraction of sp³-hybridized carbons (Fsp3) is 0.111. The van der Waals surface area contributed by atoms with Crippen LogP contribution in [0.1, 0.15) is 21.6 Å². The Bertz CT molecular complexity index is 922. The molecule has 0 aliphatic heterocycles. The second-order valence-corrected chi connectivity index (χ2v) is 6.24. The zero-order valence-corrected chi connectivity index (χ0v) is 14.2. The highest BCUT2D eigenvalue weighted by molar-refractivity contribution is 6.31. The van der Waals surface area contributed by atoms with Gasteiger partial charge in [-0.05, 0) is 55.8 Å². The summed E-state index contributed by atoms with van der Waals surface area (Å²) in [5.74, 6) is -0.220. The molecule has 1 amide bonds. The Morgan fingerprint density at radius 3 is 2.48 bits per heavy atom. The van der Waals surface area contributed by atoms with E-state index in [0.29, 0.717) is 27.0 Å². The molecule has 0 spiro atoms. The van der Waals surface area contributed by atoms with E-state index in [1.807, 2.05) is 26.0 Å². The summed E-state index contributed by atoms with van der Waals surface area (Å²) in [5, 5.41) is 4.91. The van der Waals surface area contributed by atoms with E-state index < -0.39 is 0 Å². The van der Waals surface area contributed by atoms with E-state index >= 15 is 0 Å². The maximum absolute atomic E-state index is 12.6. The van der Waals surface area contributed by atoms with Gasteiger partial charge in [-0.3, -0.25) is 9.78 Å². The number of nitrogens with zero attached hydrogens (tertiary/aromatic N) is 1. The van der Waals surface area contributed by atoms with Crippen LogP contribution in [0.5, 0.6) is 0 Å². The Kier molecular flexibility index (Phi) is 4.24. The van der Waals surface area contributed by atoms with E-state index in [2.05, 4.69) is 10.3 Å². The zero-order chi connectivity index (χ0) is 16.6. The summed E-state index contributed by atoms with van der Waals surface area (Å²) >= 11 is 12.0. The lowest BCUT2D eigenvalue weighted by molar-refractivity contribution is 0.102. The number of amides is 1. The van der Waals surface area contributed by atoms with Gasteiger partial charge in [0.15, 0.2) is 0 Å². The number of carbonyl (C=O) groups excluding carboxylic acids is 1. The van der Waals surface area contributed by atoms with E-state index in [9.17, 15) is 4.79 Å². The molecule has 0 aliphatic rings. The minimum atomic E-state index is -0.220. The molecule has 1 heterocycles. The van der Waals surface area contributed by atoms with Crippen molar-refractivity contribution in [3.63, 3.8) is 0 Å². The lowest BCUT2D eigenvalue weighted by Gasteiger charge is -2.11. The molecule has 23 heavy (non-hydrogen) atoms. The third-order valence-corrected chi connectivity index (χ3v) is 4.13. The van der Waals surface area contributed by atoms with Gasteiger partial charge in [0.25, 0.3) is 5.91 Å². The monoisotopic (exact) mass is 344 g/mol. The molecule has 3 rings (SSSR count). The highest BCUT2D eigenvalue weighted by Crippen LogP contribution is 2.24. The van der Waals surface area contributed by atoms with Crippen molar-refractivity contribution in [1.29, 1.82) is 0 Å². The van der Waals surface area contributed by atoms with Gasteiger partial charge in [0.1, 0.15) is 0 Å². The van der Waals surface area contributed by atoms with Crippen molar-refractivity contribution in [1.82, 2.24) is 4.98 Å². The number of hydrogen-bond acceptors (Lipinski definition) is 2. The average Bonchev–Trinajstić information content (AvgIpc) is 2.50. The normalized spacial score (nSPS) is 10.8. The quantitative estimate of drug-likeness (QED) is 0.675. The maximum Gasteiger partial charge on any atom is 0.257 e. The Morgan fingerprint density at radius 1 is 1.00 bits per heavy atom. The molecular formula is C18H14Cl2N2O. The van der Waals surface area contributed by atoms with Crippen LogP contribution in [0, 0.1) is 13.8 Å². The van der Waals surface area contributed by atoms with E-state index in [1.165, 1.54) is 0 Å². The summed E-state index contributed by atoms with van der Waals surface area (Å²) in [6, 6.07) is 12.6. The van der Waals surface area contributed by atoms with Crippen molar-refractivity contribution in [2.24, 2.45) is 0 Å². The molecule has 1 aromatic heterocycles. The van der Waals surface area contributed by atoms with E-state index in [1.54, 1.807) is 30.3 Å². The lowest BCUT2D eigenvalue weighted by Crippen LogP contribution is -2.15. The molecule has 3 nitrogen and oxygen atoms in total. The van der Waals surface area contributed by atoms with Crippen LogP contribution in [-0.4, -0.2) is 10.9 Å². The number of aromatic nitrogens is 1. The standard InChI is InChI=1S/C18H14Cl2N2O/c1-10-3-4-14(20)9-17(10)22-18(23)15-8-12-7-13(19)5-6-16(12)21-11(15)2/h3-9H,1-2H3,(H,22,23). The Labute approximate surface area is 144 Å². The summed E-state index contributed by atoms with van der Waals surface area (Å²) < 4.78 is 0. The molecule has 2 aromatic carbocycles. The molecule has 116 valence electrons. The number of fused-ring (bicyclic) bond motifs is 1. The van der Waals surface area contributed by atoms with Crippen LogP contribution in [0.25, 0.3) is 10.9 Å². The van der Waals surface area contributed by atoms with Crippen molar-refractivity contribution in [3.05, 3.63) is 69.3 Å². The first-order valence-corrected chi connectivity index (χ1v) is 7.84. The molecule has 0 bridgehead atoms. The van der Waals surface area contributed by atoms with Gasteiger partial charge in [-0.2, -0.15) is 0 Å². The van der Waals surface area contributed by atoms with Gasteiger partial charge in [-0.25, -0.2) is 0 Å². The fourth-order valence-corrected chi connectivity index (χ4v) is 2.74. The SMILES string of the molecule is Cc1ccc(Cl)cc1NC(=O)c1cc2cc(Cl)ccc2nc1C. The third-order valence-electron chi connectivity index (χ3n) is 3.66. The number of rotatable bonds is 2. The number of nitrogens with one attached hydrogen (secondary N) is 1. The van der Waals surface area contributed by atoms with Crippen molar-refractivity contribution >= 4 is 45.7 Å². The van der Waals surface area contributed by atoms with Gasteiger partial charge < -0.3 is 5.32 Å². The molecule has 0 atom stereocenters. The predicted molar refractivity (Wildman–Crippen MR) is 95.6 cm³/mol. The van der Waals surface area contributed by atoms with Crippen LogP contribution in [0.2, 0.25) is 10.0 Å². The summed E-state index contributed by atoms with van der Waals surface area (Å²) in [5.41, 5.74) is 3.61. The molecule has 0 aliphatic carbocycles. The molecule has 0 radical (unpaired) electrons. The average molecular weight is 345 g/mol. The van der Waals surface area contributed by atoms with Gasteiger partial charge in [0.2, 0.25) is 0 Å². The van der Waals surface area contributed by atoms with Crippen LogP contribution >= 0.6 is 23.2 Å². The minimum Gasteiger partial charge on any atom is -0.322 e. The molecule has 0 saturated carbocycles. The topological polar surface area (TPSA) is 42.0 Å². The largest absolute Gasteiger partial charge is 0.322 e. The number of benzene rings is 2. The second-order valence-electron chi connectivity index (χ2n) is 5.37. The van der Waals surface area contributed by atoms with Crippen LogP contribution in [0.3, 0.4) is 0 Å². The summed E-state index contributed by atoms with van der Waals surface area (Å²) in [6.07, 6.45) is 0. The van der Waals surface area contributed by atoms with Crippen LogP contribution in [0.15, 0.2) is 42.5 Å². The van der Waals surface area contributed by atoms with Crippen molar-refractivity contribution < 1.29 is 4.79 Å². The van der Waals surface area contributed by atoms with Crippen LogP contribution < -0.4 is 5.32 Å². The van der Waals surface area contributed by atoms with Gasteiger partial charge in [-0.1, -0.05) is 29.3 Å². The number of halogens is 2. The van der Waals surface area contributed by atoms with Crippen LogP contribution in [0.4, 0.5) is 5.69 Å². The number of aryl methyl sites for hydroxylation is 2. The molecule has 5 heteroatoms. The third kappa shape index (κ3) is 3.31. The van der Waals surface area contributed by atoms with Crippen molar-refractivity contribution in [3.8, 4) is 0 Å². The van der Waals surface area contributed by atoms with Gasteiger partial charge >= 0.3 is 0 Å². The van der Waals surface area contributed by atoms with E-state index in [-0.39, 0.29) is 5.91 Å². The Hall–Kier alpha value is -2.10. The number of anilines is 1. The smallest absolute Gasteiger partial charge is 0.257 e. The molecule has 0 unspecified atom stereocenters. The Morgan fingerprint density at radius 2 is 1.70 bits per heavy atom. The number of pyridine rings is 1. The highest BCUT2D eigenvalue weighted by atomic mass is 35.5. The second kappa shape index (κ2) is 6.19. The molecule has 3 aromatic rings. The van der Waals surface area contributed by atoms with Gasteiger partial charge in [0.05, 0.1) is 16.8 Å². The highest BCUT2D eigenvalue weighted by Gasteiger charge is 2.13. The Balaban J connectivity index is 2.00. The first-order valence-electron chi connectivity index (χ1n) is 7.08. The first-order chi connectivity index (χ1) is 10.9. The van der Waals surface area contributed by atoms with E-state index in [4.69, 9.17) is 23.2 Å².